The highest BCUT2D eigenvalue weighted by molar-refractivity contribution is 5.55. The number of pyridine rings is 1. The van der Waals surface area contributed by atoms with Crippen LogP contribution in [0.15, 0.2) is 12.3 Å². The zero-order valence-electron chi connectivity index (χ0n) is 11.2. The molecule has 1 atom stereocenters. The van der Waals surface area contributed by atoms with Crippen LogP contribution in [0, 0.1) is 21.4 Å². The van der Waals surface area contributed by atoms with E-state index in [0.717, 1.165) is 19.3 Å². The average Bonchev–Trinajstić information content (AvgIpc) is 2.39. The van der Waals surface area contributed by atoms with Crippen molar-refractivity contribution in [1.82, 2.24) is 4.98 Å². The van der Waals surface area contributed by atoms with Gasteiger partial charge in [0.1, 0.15) is 23.6 Å². The van der Waals surface area contributed by atoms with E-state index in [1.165, 1.54) is 18.7 Å². The summed E-state index contributed by atoms with van der Waals surface area (Å²) in [5.41, 5.74) is 0.0391. The standard InChI is InChI=1S/C13H18N4O2/c1-3-4-5-6-10(2)16-13-11(8-14)7-12(9-15-13)17(18)19/h7,9-10H,3-6H2,1-2H3,(H,15,16). The second kappa shape index (κ2) is 7.31. The molecule has 0 aliphatic carbocycles. The monoisotopic (exact) mass is 262 g/mol. The molecule has 0 radical (unpaired) electrons. The van der Waals surface area contributed by atoms with E-state index in [-0.39, 0.29) is 17.3 Å². The Hall–Kier alpha value is -2.16. The molecule has 102 valence electrons. The lowest BCUT2D eigenvalue weighted by Gasteiger charge is -2.14. The highest BCUT2D eigenvalue weighted by Crippen LogP contribution is 2.19. The van der Waals surface area contributed by atoms with Crippen LogP contribution in [0.2, 0.25) is 0 Å². The normalized spacial score (nSPS) is 11.6. The molecule has 0 spiro atoms. The SMILES string of the molecule is CCCCCC(C)Nc1ncc([N+](=O)[O-])cc1C#N. The molecule has 0 saturated carbocycles. The first-order valence-electron chi connectivity index (χ1n) is 6.39. The van der Waals surface area contributed by atoms with Gasteiger partial charge in [0, 0.05) is 12.1 Å². The van der Waals surface area contributed by atoms with Crippen molar-refractivity contribution in [2.24, 2.45) is 0 Å². The van der Waals surface area contributed by atoms with Crippen LogP contribution in [-0.4, -0.2) is 15.9 Å². The highest BCUT2D eigenvalue weighted by atomic mass is 16.6. The number of hydrogen-bond acceptors (Lipinski definition) is 5. The molecule has 1 heterocycles. The van der Waals surface area contributed by atoms with E-state index in [1.807, 2.05) is 13.0 Å². The van der Waals surface area contributed by atoms with Gasteiger partial charge in [-0.3, -0.25) is 10.1 Å². The molecular formula is C13H18N4O2. The van der Waals surface area contributed by atoms with E-state index in [9.17, 15) is 10.1 Å². The predicted octanol–water partition coefficient (Wildman–Crippen LogP) is 3.24. The Bertz CT molecular complexity index is 482. The minimum Gasteiger partial charge on any atom is -0.367 e. The Morgan fingerprint density at radius 2 is 2.32 bits per heavy atom. The zero-order chi connectivity index (χ0) is 14.3. The summed E-state index contributed by atoms with van der Waals surface area (Å²) >= 11 is 0. The van der Waals surface area contributed by atoms with E-state index in [4.69, 9.17) is 5.26 Å². The molecule has 1 unspecified atom stereocenters. The van der Waals surface area contributed by atoms with Crippen molar-refractivity contribution in [1.29, 1.82) is 5.26 Å². The smallest absolute Gasteiger partial charge is 0.289 e. The molecule has 0 amide bonds. The van der Waals surface area contributed by atoms with Crippen LogP contribution in [-0.2, 0) is 0 Å². The van der Waals surface area contributed by atoms with E-state index in [1.54, 1.807) is 0 Å². The Kier molecular flexibility index (Phi) is 5.73. The van der Waals surface area contributed by atoms with Crippen LogP contribution < -0.4 is 5.32 Å². The van der Waals surface area contributed by atoms with Gasteiger partial charge in [-0.05, 0) is 13.3 Å². The van der Waals surface area contributed by atoms with Crippen LogP contribution in [0.5, 0.6) is 0 Å². The van der Waals surface area contributed by atoms with Gasteiger partial charge in [0.05, 0.1) is 4.92 Å². The number of nitro groups is 1. The fourth-order valence-corrected chi connectivity index (χ4v) is 1.76. The van der Waals surface area contributed by atoms with Crippen LogP contribution in [0.25, 0.3) is 0 Å². The van der Waals surface area contributed by atoms with Crippen LogP contribution >= 0.6 is 0 Å². The fourth-order valence-electron chi connectivity index (χ4n) is 1.76. The number of aromatic nitrogens is 1. The summed E-state index contributed by atoms with van der Waals surface area (Å²) in [5.74, 6) is 0.414. The number of nitriles is 1. The van der Waals surface area contributed by atoms with Crippen LogP contribution in [0.1, 0.15) is 45.1 Å². The van der Waals surface area contributed by atoms with Gasteiger partial charge in [-0.2, -0.15) is 5.26 Å². The number of nitrogens with zero attached hydrogens (tertiary/aromatic N) is 3. The molecule has 0 saturated heterocycles. The lowest BCUT2D eigenvalue weighted by Crippen LogP contribution is -2.16. The lowest BCUT2D eigenvalue weighted by atomic mass is 10.1. The summed E-state index contributed by atoms with van der Waals surface area (Å²) in [7, 11) is 0. The fraction of sp³-hybridized carbons (Fsp3) is 0.538. The number of nitrogens with one attached hydrogen (secondary N) is 1. The minimum atomic E-state index is -0.553. The summed E-state index contributed by atoms with van der Waals surface area (Å²) in [4.78, 5) is 14.0. The summed E-state index contributed by atoms with van der Waals surface area (Å²) in [6.07, 6.45) is 5.59. The molecule has 0 aromatic carbocycles. The van der Waals surface area contributed by atoms with E-state index in [2.05, 4.69) is 17.2 Å². The van der Waals surface area contributed by atoms with Crippen molar-refractivity contribution >= 4 is 11.5 Å². The molecule has 0 bridgehead atoms. The Morgan fingerprint density at radius 1 is 1.58 bits per heavy atom. The predicted molar refractivity (Wildman–Crippen MR) is 72.8 cm³/mol. The van der Waals surface area contributed by atoms with Gasteiger partial charge in [0.25, 0.3) is 5.69 Å². The van der Waals surface area contributed by atoms with Gasteiger partial charge in [0.15, 0.2) is 0 Å². The van der Waals surface area contributed by atoms with Crippen LogP contribution in [0.3, 0.4) is 0 Å². The summed E-state index contributed by atoms with van der Waals surface area (Å²) in [5, 5.41) is 22.7. The third-order valence-corrected chi connectivity index (χ3v) is 2.83. The van der Waals surface area contributed by atoms with Crippen molar-refractivity contribution in [3.8, 4) is 6.07 Å². The zero-order valence-corrected chi connectivity index (χ0v) is 11.2. The molecule has 1 N–H and O–H groups in total. The summed E-state index contributed by atoms with van der Waals surface area (Å²) < 4.78 is 0. The Balaban J connectivity index is 2.73. The molecular weight excluding hydrogens is 244 g/mol. The molecule has 0 aliphatic rings. The van der Waals surface area contributed by atoms with Gasteiger partial charge in [-0.25, -0.2) is 4.98 Å². The quantitative estimate of drug-likeness (QED) is 0.462. The molecule has 1 aromatic heterocycles. The van der Waals surface area contributed by atoms with Gasteiger partial charge in [-0.1, -0.05) is 26.2 Å². The maximum absolute atomic E-state index is 10.6. The number of hydrogen-bond donors (Lipinski definition) is 1. The van der Waals surface area contributed by atoms with Gasteiger partial charge in [-0.15, -0.1) is 0 Å². The van der Waals surface area contributed by atoms with E-state index >= 15 is 0 Å². The first-order valence-corrected chi connectivity index (χ1v) is 6.39. The molecule has 1 aromatic rings. The number of rotatable bonds is 7. The maximum Gasteiger partial charge on any atom is 0.289 e. The van der Waals surface area contributed by atoms with E-state index < -0.39 is 4.92 Å². The molecule has 6 heteroatoms. The van der Waals surface area contributed by atoms with Gasteiger partial charge in [0.2, 0.25) is 0 Å². The molecule has 19 heavy (non-hydrogen) atoms. The first kappa shape index (κ1) is 14.9. The topological polar surface area (TPSA) is 91.8 Å². The van der Waals surface area contributed by atoms with Crippen molar-refractivity contribution in [2.75, 3.05) is 5.32 Å². The van der Waals surface area contributed by atoms with Crippen molar-refractivity contribution in [2.45, 2.75) is 45.6 Å². The van der Waals surface area contributed by atoms with Crippen molar-refractivity contribution in [3.05, 3.63) is 27.9 Å². The van der Waals surface area contributed by atoms with Gasteiger partial charge >= 0.3 is 0 Å². The average molecular weight is 262 g/mol. The maximum atomic E-state index is 10.6. The largest absolute Gasteiger partial charge is 0.367 e. The summed E-state index contributed by atoms with van der Waals surface area (Å²) in [6.45, 7) is 4.16. The third kappa shape index (κ3) is 4.54. The molecule has 1 rings (SSSR count). The number of unbranched alkanes of at least 4 members (excludes halogenated alkanes) is 2. The minimum absolute atomic E-state index is 0.166. The second-order valence-electron chi connectivity index (χ2n) is 4.50. The highest BCUT2D eigenvalue weighted by Gasteiger charge is 2.13. The first-order chi connectivity index (χ1) is 9.08. The Labute approximate surface area is 112 Å². The van der Waals surface area contributed by atoms with Crippen molar-refractivity contribution < 1.29 is 4.92 Å². The lowest BCUT2D eigenvalue weighted by molar-refractivity contribution is -0.385. The summed E-state index contributed by atoms with van der Waals surface area (Å²) in [6, 6.07) is 3.37. The van der Waals surface area contributed by atoms with Crippen molar-refractivity contribution in [3.63, 3.8) is 0 Å². The van der Waals surface area contributed by atoms with Gasteiger partial charge < -0.3 is 5.32 Å². The number of anilines is 1. The van der Waals surface area contributed by atoms with Crippen LogP contribution in [0.4, 0.5) is 11.5 Å². The molecule has 6 nitrogen and oxygen atoms in total. The third-order valence-electron chi connectivity index (χ3n) is 2.83. The molecule has 0 fully saturated rings. The van der Waals surface area contributed by atoms with E-state index in [0.29, 0.717) is 5.82 Å². The molecule has 0 aliphatic heterocycles. The Morgan fingerprint density at radius 3 is 2.89 bits per heavy atom. The second-order valence-corrected chi connectivity index (χ2v) is 4.50.